The fourth-order valence-corrected chi connectivity index (χ4v) is 9.23. The van der Waals surface area contributed by atoms with E-state index in [0.29, 0.717) is 36.1 Å². The molecule has 4 rings (SSSR count). The van der Waals surface area contributed by atoms with Crippen molar-refractivity contribution in [2.24, 2.45) is 46.3 Å². The summed E-state index contributed by atoms with van der Waals surface area (Å²) in [6.45, 7) is 8.98. The summed E-state index contributed by atoms with van der Waals surface area (Å²) >= 11 is 0. The molecule has 0 unspecified atom stereocenters. The van der Waals surface area contributed by atoms with Crippen LogP contribution in [0.3, 0.4) is 0 Å². The van der Waals surface area contributed by atoms with Crippen molar-refractivity contribution < 1.29 is 23.8 Å². The van der Waals surface area contributed by atoms with E-state index < -0.39 is 0 Å². The highest BCUT2D eigenvalue weighted by Gasteiger charge is 2.61. The van der Waals surface area contributed by atoms with Gasteiger partial charge < -0.3 is 14.2 Å². The highest BCUT2D eigenvalue weighted by atomic mass is 16.5. The Kier molecular flexibility index (Phi) is 7.48. The van der Waals surface area contributed by atoms with Gasteiger partial charge in [-0.3, -0.25) is 9.59 Å². The normalized spacial score (nSPS) is 43.1. The van der Waals surface area contributed by atoms with E-state index in [1.54, 1.807) is 0 Å². The Bertz CT molecular complexity index is 721. The summed E-state index contributed by atoms with van der Waals surface area (Å²) in [5.74, 6) is 3.62. The molecule has 188 valence electrons. The molecule has 9 atom stereocenters. The number of hydrogen-bond donors (Lipinski definition) is 0. The molecule has 0 bridgehead atoms. The number of rotatable bonds is 7. The Labute approximate surface area is 200 Å². The number of carbonyl (C=O) groups excluding carboxylic acids is 2. The molecule has 0 aromatic carbocycles. The van der Waals surface area contributed by atoms with Gasteiger partial charge in [-0.1, -0.05) is 13.8 Å². The van der Waals surface area contributed by atoms with Crippen LogP contribution in [0.2, 0.25) is 0 Å². The van der Waals surface area contributed by atoms with Gasteiger partial charge in [0.05, 0.1) is 19.3 Å². The largest absolute Gasteiger partial charge is 0.466 e. The second-order valence-corrected chi connectivity index (χ2v) is 12.2. The van der Waals surface area contributed by atoms with Gasteiger partial charge in [-0.15, -0.1) is 0 Å². The molecule has 0 radical (unpaired) electrons. The van der Waals surface area contributed by atoms with Crippen LogP contribution >= 0.6 is 0 Å². The summed E-state index contributed by atoms with van der Waals surface area (Å²) in [6, 6.07) is 0. The molecule has 0 amide bonds. The van der Waals surface area contributed by atoms with E-state index in [1.165, 1.54) is 71.6 Å². The topological polar surface area (TPSA) is 61.8 Å². The fourth-order valence-electron chi connectivity index (χ4n) is 9.23. The molecule has 4 aliphatic carbocycles. The van der Waals surface area contributed by atoms with Crippen molar-refractivity contribution >= 4 is 11.9 Å². The van der Waals surface area contributed by atoms with E-state index in [9.17, 15) is 9.59 Å². The molecule has 4 aliphatic rings. The van der Waals surface area contributed by atoms with Gasteiger partial charge in [0, 0.05) is 21.0 Å². The molecule has 0 aliphatic heterocycles. The Morgan fingerprint density at radius 3 is 2.27 bits per heavy atom. The number of esters is 2. The van der Waals surface area contributed by atoms with Crippen molar-refractivity contribution in [1.29, 1.82) is 0 Å². The molecule has 33 heavy (non-hydrogen) atoms. The second-order valence-electron chi connectivity index (χ2n) is 12.2. The van der Waals surface area contributed by atoms with E-state index >= 15 is 0 Å². The van der Waals surface area contributed by atoms with Crippen LogP contribution in [0.1, 0.15) is 91.9 Å². The van der Waals surface area contributed by atoms with Crippen LogP contribution in [0.4, 0.5) is 0 Å². The maximum atomic E-state index is 11.6. The molecule has 0 saturated heterocycles. The summed E-state index contributed by atoms with van der Waals surface area (Å²) in [4.78, 5) is 22.9. The first-order chi connectivity index (χ1) is 15.7. The summed E-state index contributed by atoms with van der Waals surface area (Å²) in [6.07, 6.45) is 12.9. The summed E-state index contributed by atoms with van der Waals surface area (Å²) in [5, 5.41) is 0. The first-order valence-electron chi connectivity index (χ1n) is 13.5. The van der Waals surface area contributed by atoms with Crippen molar-refractivity contribution in [3.8, 4) is 0 Å². The lowest BCUT2D eigenvalue weighted by Gasteiger charge is -2.61. The monoisotopic (exact) mass is 462 g/mol. The van der Waals surface area contributed by atoms with Crippen molar-refractivity contribution in [3.63, 3.8) is 0 Å². The molecular formula is C28H46O5. The van der Waals surface area contributed by atoms with Gasteiger partial charge in [-0.2, -0.15) is 0 Å². The van der Waals surface area contributed by atoms with Gasteiger partial charge in [0.25, 0.3) is 0 Å². The molecule has 4 fully saturated rings. The van der Waals surface area contributed by atoms with E-state index in [-0.39, 0.29) is 17.9 Å². The minimum atomic E-state index is -0.231. The predicted octanol–water partition coefficient (Wildman–Crippen LogP) is 5.79. The molecule has 0 heterocycles. The predicted molar refractivity (Wildman–Crippen MR) is 127 cm³/mol. The van der Waals surface area contributed by atoms with Gasteiger partial charge >= 0.3 is 11.9 Å². The lowest BCUT2D eigenvalue weighted by molar-refractivity contribution is -0.149. The van der Waals surface area contributed by atoms with Crippen LogP contribution < -0.4 is 0 Å². The van der Waals surface area contributed by atoms with Crippen LogP contribution in [0.5, 0.6) is 0 Å². The lowest BCUT2D eigenvalue weighted by atomic mass is 9.44. The summed E-state index contributed by atoms with van der Waals surface area (Å²) in [7, 11) is 1.89. The first kappa shape index (κ1) is 25.0. The SMILES string of the molecule is CO[C@@H]1CC[C@@]2(C)[C@H](CC[C@@H]3[C@@H]2CC[C@]2(C)[C@@H]([C@@H](CCOC(C)=O)COC(C)=O)CC[C@@H]32)C1. The first-order valence-corrected chi connectivity index (χ1v) is 13.5. The third-order valence-corrected chi connectivity index (χ3v) is 10.9. The van der Waals surface area contributed by atoms with Gasteiger partial charge in [0.1, 0.15) is 0 Å². The minimum Gasteiger partial charge on any atom is -0.466 e. The maximum Gasteiger partial charge on any atom is 0.302 e. The van der Waals surface area contributed by atoms with Gasteiger partial charge in [0.15, 0.2) is 0 Å². The minimum absolute atomic E-state index is 0.214. The quantitative estimate of drug-likeness (QED) is 0.448. The Balaban J connectivity index is 1.49. The van der Waals surface area contributed by atoms with E-state index in [1.807, 2.05) is 7.11 Å². The molecule has 5 nitrogen and oxygen atoms in total. The third-order valence-electron chi connectivity index (χ3n) is 10.9. The standard InChI is InChI=1S/C28H46O5/c1-18(29)32-15-12-20(17-33-19(2)30)24-8-9-25-23-7-6-21-16-22(31-5)10-13-27(21,3)26(23)11-14-28(24,25)4/h20-26H,6-17H2,1-5H3/t20-,21+,22+,23-,24+,25-,26-,27-,28+/m0/s1. The number of carbonyl (C=O) groups is 2. The molecule has 4 saturated carbocycles. The highest BCUT2D eigenvalue weighted by molar-refractivity contribution is 5.66. The molecule has 0 aromatic heterocycles. The van der Waals surface area contributed by atoms with Crippen LogP contribution in [0.25, 0.3) is 0 Å². The van der Waals surface area contributed by atoms with Crippen molar-refractivity contribution in [2.75, 3.05) is 20.3 Å². The van der Waals surface area contributed by atoms with Gasteiger partial charge in [0.2, 0.25) is 0 Å². The van der Waals surface area contributed by atoms with Crippen molar-refractivity contribution in [2.45, 2.75) is 98.0 Å². The van der Waals surface area contributed by atoms with Crippen molar-refractivity contribution in [1.82, 2.24) is 0 Å². The highest BCUT2D eigenvalue weighted by Crippen LogP contribution is 2.68. The molecule has 5 heteroatoms. The average molecular weight is 463 g/mol. The maximum absolute atomic E-state index is 11.6. The van der Waals surface area contributed by atoms with Gasteiger partial charge in [-0.25, -0.2) is 0 Å². The summed E-state index contributed by atoms with van der Waals surface area (Å²) in [5.41, 5.74) is 0.777. The van der Waals surface area contributed by atoms with E-state index in [4.69, 9.17) is 14.2 Å². The average Bonchev–Trinajstić information content (AvgIpc) is 3.12. The van der Waals surface area contributed by atoms with E-state index in [2.05, 4.69) is 13.8 Å². The Morgan fingerprint density at radius 2 is 1.58 bits per heavy atom. The van der Waals surface area contributed by atoms with Crippen LogP contribution in [0, 0.1) is 46.3 Å². The Hall–Kier alpha value is -1.10. The summed E-state index contributed by atoms with van der Waals surface area (Å²) < 4.78 is 16.6. The van der Waals surface area contributed by atoms with Crippen molar-refractivity contribution in [3.05, 3.63) is 0 Å². The molecule has 0 N–H and O–H groups in total. The van der Waals surface area contributed by atoms with E-state index in [0.717, 1.165) is 30.1 Å². The zero-order chi connectivity index (χ0) is 23.8. The number of hydrogen-bond acceptors (Lipinski definition) is 5. The van der Waals surface area contributed by atoms with Crippen LogP contribution in [-0.2, 0) is 23.8 Å². The van der Waals surface area contributed by atoms with Gasteiger partial charge in [-0.05, 0) is 111 Å². The smallest absolute Gasteiger partial charge is 0.302 e. The number of fused-ring (bicyclic) bond motifs is 5. The third kappa shape index (κ3) is 4.73. The lowest BCUT2D eigenvalue weighted by Crippen LogP contribution is -2.54. The molecular weight excluding hydrogens is 416 g/mol. The second kappa shape index (κ2) is 9.87. The zero-order valence-corrected chi connectivity index (χ0v) is 21.6. The fraction of sp³-hybridized carbons (Fsp3) is 0.929. The van der Waals surface area contributed by atoms with Crippen LogP contribution in [-0.4, -0.2) is 38.4 Å². The van der Waals surface area contributed by atoms with Crippen LogP contribution in [0.15, 0.2) is 0 Å². The molecule has 0 spiro atoms. The molecule has 0 aromatic rings. The Morgan fingerprint density at radius 1 is 0.879 bits per heavy atom. The number of ether oxygens (including phenoxy) is 3. The number of methoxy groups -OCH3 is 1. The zero-order valence-electron chi connectivity index (χ0n) is 21.6.